The molecule has 0 heterocycles. The summed E-state index contributed by atoms with van der Waals surface area (Å²) in [6.45, 7) is 7.33. The Balaban J connectivity index is 2.10. The van der Waals surface area contributed by atoms with Gasteiger partial charge < -0.3 is 4.90 Å². The van der Waals surface area contributed by atoms with Gasteiger partial charge in [-0.05, 0) is 82.0 Å². The van der Waals surface area contributed by atoms with Crippen LogP contribution in [0.4, 0.5) is 0 Å². The van der Waals surface area contributed by atoms with Crippen molar-refractivity contribution in [1.29, 1.82) is 0 Å². The molecule has 2 aromatic rings. The van der Waals surface area contributed by atoms with E-state index >= 15 is 0 Å². The molecule has 1 nitrogen and oxygen atoms in total. The predicted octanol–water partition coefficient (Wildman–Crippen LogP) is 5.74. The first-order chi connectivity index (χ1) is 13.6. The van der Waals surface area contributed by atoms with E-state index in [1.807, 2.05) is 0 Å². The zero-order chi connectivity index (χ0) is 20.1. The molecule has 0 radical (unpaired) electrons. The third kappa shape index (κ3) is 4.70. The molecule has 0 saturated heterocycles. The van der Waals surface area contributed by atoms with Crippen molar-refractivity contribution in [2.75, 3.05) is 26.4 Å². The monoisotopic (exact) mass is 413 g/mol. The van der Waals surface area contributed by atoms with Gasteiger partial charge in [0.2, 0.25) is 0 Å². The van der Waals surface area contributed by atoms with Crippen molar-refractivity contribution in [3.05, 3.63) is 60.7 Å². The van der Waals surface area contributed by atoms with Crippen LogP contribution < -0.4 is 10.6 Å². The Morgan fingerprint density at radius 3 is 1.79 bits per heavy atom. The molecule has 3 rings (SSSR count). The maximum atomic E-state index is 2.46. The van der Waals surface area contributed by atoms with Crippen molar-refractivity contribution >= 4 is 26.5 Å². The van der Waals surface area contributed by atoms with E-state index < -0.39 is 0 Å². The fourth-order valence-corrected chi connectivity index (χ4v) is 11.8. The third-order valence-corrected chi connectivity index (χ3v) is 13.1. The molecule has 1 aliphatic rings. The molecule has 0 aliphatic heterocycles. The third-order valence-electron chi connectivity index (χ3n) is 6.71. The summed E-state index contributed by atoms with van der Waals surface area (Å²) in [5, 5.41) is 3.14. The highest BCUT2D eigenvalue weighted by Crippen LogP contribution is 2.60. The van der Waals surface area contributed by atoms with Gasteiger partial charge in [-0.3, -0.25) is 0 Å². The molecule has 4 atom stereocenters. The molecule has 0 aromatic heterocycles. The molecule has 28 heavy (non-hydrogen) atoms. The predicted molar refractivity (Wildman–Crippen MR) is 131 cm³/mol. The molecule has 0 N–H and O–H groups in total. The van der Waals surface area contributed by atoms with E-state index in [0.29, 0.717) is 6.04 Å². The summed E-state index contributed by atoms with van der Waals surface area (Å²) in [5.41, 5.74) is 1.70. The van der Waals surface area contributed by atoms with Crippen molar-refractivity contribution in [1.82, 2.24) is 4.90 Å². The summed E-state index contributed by atoms with van der Waals surface area (Å²) in [4.78, 5) is 2.46. The molecular formula is C25H37NP2. The smallest absolute Gasteiger partial charge is 0.00955 e. The maximum Gasteiger partial charge on any atom is 0.00955 e. The highest BCUT2D eigenvalue weighted by molar-refractivity contribution is 7.74. The summed E-state index contributed by atoms with van der Waals surface area (Å²) < 4.78 is 0. The first kappa shape index (κ1) is 22.0. The molecule has 0 amide bonds. The average molecular weight is 414 g/mol. The minimum absolute atomic E-state index is 0.117. The standard InChI is InChI=1S/C25H37NP2/c1-6-27(7-2)24-19-18-23(20(3)26(4)5)25(24)28(21-14-10-8-11-15-21)22-16-12-9-13-17-22/h8-17,20,23-25H,6-7,18-19H2,1-5H3/t20-,23?,24?,25?/m1/s1. The van der Waals surface area contributed by atoms with E-state index in [9.17, 15) is 0 Å². The molecule has 3 unspecified atom stereocenters. The van der Waals surface area contributed by atoms with Crippen LogP contribution >= 0.6 is 15.8 Å². The van der Waals surface area contributed by atoms with Crippen LogP contribution in [0.3, 0.4) is 0 Å². The zero-order valence-electron chi connectivity index (χ0n) is 18.3. The number of benzene rings is 2. The minimum atomic E-state index is -0.342. The van der Waals surface area contributed by atoms with Crippen molar-refractivity contribution < 1.29 is 0 Å². The van der Waals surface area contributed by atoms with Crippen LogP contribution in [0, 0.1) is 5.92 Å². The number of hydrogen-bond acceptors (Lipinski definition) is 1. The second kappa shape index (κ2) is 10.3. The van der Waals surface area contributed by atoms with Crippen LogP contribution in [0.2, 0.25) is 0 Å². The van der Waals surface area contributed by atoms with Crippen LogP contribution in [-0.2, 0) is 0 Å². The van der Waals surface area contributed by atoms with Gasteiger partial charge in [0.15, 0.2) is 0 Å². The molecule has 152 valence electrons. The Morgan fingerprint density at radius 2 is 1.36 bits per heavy atom. The van der Waals surface area contributed by atoms with E-state index in [-0.39, 0.29) is 15.8 Å². The lowest BCUT2D eigenvalue weighted by atomic mass is 9.98. The van der Waals surface area contributed by atoms with Crippen molar-refractivity contribution in [3.63, 3.8) is 0 Å². The molecule has 0 bridgehead atoms. The summed E-state index contributed by atoms with van der Waals surface area (Å²) in [7, 11) is 4.31. The average Bonchev–Trinajstić information content (AvgIpc) is 3.14. The highest BCUT2D eigenvalue weighted by Gasteiger charge is 2.46. The van der Waals surface area contributed by atoms with E-state index in [2.05, 4.69) is 100 Å². The minimum Gasteiger partial charge on any atom is -0.306 e. The summed E-state index contributed by atoms with van der Waals surface area (Å²) >= 11 is 0. The first-order valence-corrected chi connectivity index (χ1v) is 14.1. The Labute approximate surface area is 175 Å². The Kier molecular flexibility index (Phi) is 8.11. The van der Waals surface area contributed by atoms with Gasteiger partial charge in [0, 0.05) is 6.04 Å². The van der Waals surface area contributed by atoms with Crippen LogP contribution in [0.15, 0.2) is 60.7 Å². The van der Waals surface area contributed by atoms with Gasteiger partial charge in [0.05, 0.1) is 0 Å². The van der Waals surface area contributed by atoms with Crippen LogP contribution in [-0.4, -0.2) is 48.7 Å². The Hall–Kier alpha value is -0.740. The molecule has 1 saturated carbocycles. The van der Waals surface area contributed by atoms with Crippen molar-refractivity contribution in [2.45, 2.75) is 51.0 Å². The fourth-order valence-electron chi connectivity index (χ4n) is 5.02. The molecule has 2 aromatic carbocycles. The number of rotatable bonds is 8. The van der Waals surface area contributed by atoms with Gasteiger partial charge in [0.25, 0.3) is 0 Å². The molecule has 0 spiro atoms. The van der Waals surface area contributed by atoms with Crippen LogP contribution in [0.5, 0.6) is 0 Å². The van der Waals surface area contributed by atoms with Gasteiger partial charge in [-0.25, -0.2) is 0 Å². The van der Waals surface area contributed by atoms with E-state index in [1.54, 1.807) is 10.6 Å². The highest BCUT2D eigenvalue weighted by atomic mass is 31.1. The number of hydrogen-bond donors (Lipinski definition) is 0. The lowest BCUT2D eigenvalue weighted by Gasteiger charge is -2.40. The number of nitrogens with zero attached hydrogens (tertiary/aromatic N) is 1. The van der Waals surface area contributed by atoms with E-state index in [0.717, 1.165) is 17.2 Å². The van der Waals surface area contributed by atoms with E-state index in [1.165, 1.54) is 25.2 Å². The Bertz CT molecular complexity index is 650. The van der Waals surface area contributed by atoms with E-state index in [4.69, 9.17) is 0 Å². The molecular weight excluding hydrogens is 376 g/mol. The molecule has 3 heteroatoms. The van der Waals surface area contributed by atoms with Gasteiger partial charge >= 0.3 is 0 Å². The van der Waals surface area contributed by atoms with Crippen LogP contribution in [0.1, 0.15) is 33.6 Å². The molecule has 1 fully saturated rings. The Morgan fingerprint density at radius 1 is 0.857 bits per heavy atom. The van der Waals surface area contributed by atoms with Gasteiger partial charge in [-0.1, -0.05) is 74.5 Å². The normalized spacial score (nSPS) is 23.6. The lowest BCUT2D eigenvalue weighted by molar-refractivity contribution is 0.232. The summed E-state index contributed by atoms with van der Waals surface area (Å²) in [6.07, 6.45) is 5.58. The van der Waals surface area contributed by atoms with Gasteiger partial charge in [-0.2, -0.15) is 0 Å². The lowest BCUT2D eigenvalue weighted by Crippen LogP contribution is -2.41. The SMILES string of the molecule is CCP(CC)C1CCC([C@@H](C)N(C)C)C1P(c1ccccc1)c1ccccc1. The van der Waals surface area contributed by atoms with Gasteiger partial charge in [-0.15, -0.1) is 7.92 Å². The largest absolute Gasteiger partial charge is 0.306 e. The van der Waals surface area contributed by atoms with Crippen molar-refractivity contribution in [2.24, 2.45) is 5.92 Å². The summed E-state index contributed by atoms with van der Waals surface area (Å²) in [6, 6.07) is 23.5. The first-order valence-electron chi connectivity index (χ1n) is 10.9. The quantitative estimate of drug-likeness (QED) is 0.499. The fraction of sp³-hybridized carbons (Fsp3) is 0.520. The second-order valence-corrected chi connectivity index (χ2v) is 13.7. The zero-order valence-corrected chi connectivity index (χ0v) is 20.0. The molecule has 1 aliphatic carbocycles. The van der Waals surface area contributed by atoms with Gasteiger partial charge in [0.1, 0.15) is 0 Å². The summed E-state index contributed by atoms with van der Waals surface area (Å²) in [5.74, 6) is 0.787. The maximum absolute atomic E-state index is 2.46. The van der Waals surface area contributed by atoms with Crippen LogP contribution in [0.25, 0.3) is 0 Å². The second-order valence-electron chi connectivity index (χ2n) is 8.27. The topological polar surface area (TPSA) is 3.24 Å². The van der Waals surface area contributed by atoms with Crippen molar-refractivity contribution in [3.8, 4) is 0 Å².